The molecule has 0 spiro atoms. The lowest BCUT2D eigenvalue weighted by atomic mass is 10.0. The van der Waals surface area contributed by atoms with Gasteiger partial charge in [0.2, 0.25) is 0 Å². The van der Waals surface area contributed by atoms with E-state index in [1.165, 1.54) is 0 Å². The zero-order valence-corrected chi connectivity index (χ0v) is 12.4. The van der Waals surface area contributed by atoms with Crippen LogP contribution in [0.25, 0.3) is 0 Å². The van der Waals surface area contributed by atoms with Gasteiger partial charge in [-0.15, -0.1) is 0 Å². The van der Waals surface area contributed by atoms with Crippen LogP contribution in [0.15, 0.2) is 36.4 Å². The van der Waals surface area contributed by atoms with Crippen molar-refractivity contribution in [3.63, 3.8) is 0 Å². The normalized spacial score (nSPS) is 12.6. The highest BCUT2D eigenvalue weighted by atomic mass is 16.6. The van der Waals surface area contributed by atoms with E-state index in [0.29, 0.717) is 47.3 Å². The number of hydrogen-bond donors (Lipinski definition) is 0. The average molecular weight is 300 g/mol. The van der Waals surface area contributed by atoms with E-state index in [2.05, 4.69) is 0 Å². The topological polar surface area (TPSA) is 54.0 Å². The van der Waals surface area contributed by atoms with E-state index >= 15 is 0 Å². The lowest BCUT2D eigenvalue weighted by molar-refractivity contribution is 0.103. The van der Waals surface area contributed by atoms with Crippen LogP contribution in [0.4, 0.5) is 0 Å². The van der Waals surface area contributed by atoms with Crippen LogP contribution in [0.2, 0.25) is 0 Å². The van der Waals surface area contributed by atoms with Gasteiger partial charge in [-0.05, 0) is 30.3 Å². The number of rotatable bonds is 4. The highest BCUT2D eigenvalue weighted by molar-refractivity contribution is 6.09. The fourth-order valence-electron chi connectivity index (χ4n) is 2.29. The molecule has 0 amide bonds. The Morgan fingerprint density at radius 2 is 1.50 bits per heavy atom. The number of carbonyl (C=O) groups is 1. The van der Waals surface area contributed by atoms with Gasteiger partial charge in [-0.3, -0.25) is 4.79 Å². The maximum Gasteiger partial charge on any atom is 0.193 e. The molecule has 1 aliphatic rings. The monoisotopic (exact) mass is 300 g/mol. The number of carbonyl (C=O) groups excluding carboxylic acids is 1. The number of fused-ring (bicyclic) bond motifs is 1. The van der Waals surface area contributed by atoms with E-state index in [1.807, 2.05) is 0 Å². The lowest BCUT2D eigenvalue weighted by Gasteiger charge is -2.18. The fourth-order valence-corrected chi connectivity index (χ4v) is 2.29. The van der Waals surface area contributed by atoms with Crippen molar-refractivity contribution in [3.05, 3.63) is 47.5 Å². The van der Waals surface area contributed by atoms with Crippen LogP contribution in [0.5, 0.6) is 23.0 Å². The van der Waals surface area contributed by atoms with E-state index < -0.39 is 0 Å². The van der Waals surface area contributed by atoms with Gasteiger partial charge >= 0.3 is 0 Å². The smallest absolute Gasteiger partial charge is 0.193 e. The van der Waals surface area contributed by atoms with Crippen LogP contribution < -0.4 is 18.9 Å². The predicted octanol–water partition coefficient (Wildman–Crippen LogP) is 2.71. The van der Waals surface area contributed by atoms with Gasteiger partial charge in [0.25, 0.3) is 0 Å². The minimum Gasteiger partial charge on any atom is -0.497 e. The number of ether oxygens (including phenoxy) is 4. The summed E-state index contributed by atoms with van der Waals surface area (Å²) in [4.78, 5) is 12.7. The highest BCUT2D eigenvalue weighted by Gasteiger charge is 2.17. The number of benzene rings is 2. The molecule has 0 aromatic heterocycles. The van der Waals surface area contributed by atoms with Crippen molar-refractivity contribution in [2.45, 2.75) is 0 Å². The Morgan fingerprint density at radius 3 is 2.14 bits per heavy atom. The Bertz CT molecular complexity index is 686. The summed E-state index contributed by atoms with van der Waals surface area (Å²) in [5.41, 5.74) is 1.02. The molecule has 0 saturated carbocycles. The summed E-state index contributed by atoms with van der Waals surface area (Å²) < 4.78 is 21.4. The highest BCUT2D eigenvalue weighted by Crippen LogP contribution is 2.32. The number of ketones is 1. The van der Waals surface area contributed by atoms with Gasteiger partial charge in [-0.2, -0.15) is 0 Å². The van der Waals surface area contributed by atoms with Crippen LogP contribution in [0, 0.1) is 0 Å². The van der Waals surface area contributed by atoms with Crippen LogP contribution in [0.1, 0.15) is 15.9 Å². The minimum atomic E-state index is -0.130. The summed E-state index contributed by atoms with van der Waals surface area (Å²) in [6, 6.07) is 10.3. The molecule has 0 aliphatic carbocycles. The molecule has 114 valence electrons. The molecule has 3 rings (SSSR count). The molecular formula is C17H16O5. The Hall–Kier alpha value is -2.69. The van der Waals surface area contributed by atoms with E-state index in [4.69, 9.17) is 18.9 Å². The third-order valence-corrected chi connectivity index (χ3v) is 3.42. The maximum atomic E-state index is 12.7. The molecule has 2 aromatic rings. The van der Waals surface area contributed by atoms with Gasteiger partial charge in [0.15, 0.2) is 17.3 Å². The molecule has 0 N–H and O–H groups in total. The van der Waals surface area contributed by atoms with Crippen molar-refractivity contribution in [2.24, 2.45) is 0 Å². The molecule has 0 fully saturated rings. The van der Waals surface area contributed by atoms with Crippen LogP contribution >= 0.6 is 0 Å². The first-order valence-corrected chi connectivity index (χ1v) is 6.88. The molecule has 5 nitrogen and oxygen atoms in total. The second-order valence-electron chi connectivity index (χ2n) is 4.79. The van der Waals surface area contributed by atoms with E-state index in [1.54, 1.807) is 50.6 Å². The molecule has 1 heterocycles. The van der Waals surface area contributed by atoms with Crippen molar-refractivity contribution >= 4 is 5.78 Å². The summed E-state index contributed by atoms with van der Waals surface area (Å²) in [5.74, 6) is 2.26. The number of hydrogen-bond acceptors (Lipinski definition) is 5. The van der Waals surface area contributed by atoms with Crippen LogP contribution in [-0.4, -0.2) is 33.2 Å². The summed E-state index contributed by atoms with van der Waals surface area (Å²) in [6.07, 6.45) is 0. The van der Waals surface area contributed by atoms with Gasteiger partial charge in [-0.25, -0.2) is 0 Å². The first-order valence-electron chi connectivity index (χ1n) is 6.88. The quantitative estimate of drug-likeness (QED) is 0.813. The second kappa shape index (κ2) is 5.97. The summed E-state index contributed by atoms with van der Waals surface area (Å²) in [6.45, 7) is 1.00. The van der Waals surface area contributed by atoms with Crippen molar-refractivity contribution in [2.75, 3.05) is 27.4 Å². The Labute approximate surface area is 128 Å². The maximum absolute atomic E-state index is 12.7. The summed E-state index contributed by atoms with van der Waals surface area (Å²) >= 11 is 0. The standard InChI is InChI=1S/C17H16O5/c1-19-13-7-12(8-14(10-13)20-2)17(18)11-3-4-15-16(9-11)22-6-5-21-15/h3-4,7-10H,5-6H2,1-2H3. The zero-order chi connectivity index (χ0) is 15.5. The van der Waals surface area contributed by atoms with Gasteiger partial charge in [0.05, 0.1) is 14.2 Å². The molecule has 2 aromatic carbocycles. The average Bonchev–Trinajstić information content (AvgIpc) is 2.60. The summed E-state index contributed by atoms with van der Waals surface area (Å²) in [5, 5.41) is 0. The van der Waals surface area contributed by atoms with E-state index in [9.17, 15) is 4.79 Å². The van der Waals surface area contributed by atoms with Crippen molar-refractivity contribution in [1.29, 1.82) is 0 Å². The van der Waals surface area contributed by atoms with Gasteiger partial charge in [0.1, 0.15) is 24.7 Å². The van der Waals surface area contributed by atoms with Gasteiger partial charge < -0.3 is 18.9 Å². The van der Waals surface area contributed by atoms with Crippen LogP contribution in [0.3, 0.4) is 0 Å². The van der Waals surface area contributed by atoms with E-state index in [0.717, 1.165) is 0 Å². The van der Waals surface area contributed by atoms with Crippen molar-refractivity contribution in [1.82, 2.24) is 0 Å². The molecule has 1 aliphatic heterocycles. The zero-order valence-electron chi connectivity index (χ0n) is 12.4. The Morgan fingerprint density at radius 1 is 0.864 bits per heavy atom. The summed E-state index contributed by atoms with van der Waals surface area (Å²) in [7, 11) is 3.10. The molecule has 5 heteroatoms. The third-order valence-electron chi connectivity index (χ3n) is 3.42. The van der Waals surface area contributed by atoms with E-state index in [-0.39, 0.29) is 5.78 Å². The molecule has 22 heavy (non-hydrogen) atoms. The van der Waals surface area contributed by atoms with Gasteiger partial charge in [0, 0.05) is 17.2 Å². The molecule has 0 bridgehead atoms. The predicted molar refractivity (Wildman–Crippen MR) is 80.4 cm³/mol. The number of methoxy groups -OCH3 is 2. The largest absolute Gasteiger partial charge is 0.497 e. The lowest BCUT2D eigenvalue weighted by Crippen LogP contribution is -2.16. The van der Waals surface area contributed by atoms with Crippen molar-refractivity contribution < 1.29 is 23.7 Å². The molecular weight excluding hydrogens is 284 g/mol. The first kappa shape index (κ1) is 14.3. The molecule has 0 unspecified atom stereocenters. The molecule has 0 saturated heterocycles. The molecule has 0 radical (unpaired) electrons. The fraction of sp³-hybridized carbons (Fsp3) is 0.235. The third kappa shape index (κ3) is 2.70. The second-order valence-corrected chi connectivity index (χ2v) is 4.79. The SMILES string of the molecule is COc1cc(OC)cc(C(=O)c2ccc3c(c2)OCCO3)c1. The van der Waals surface area contributed by atoms with Crippen LogP contribution in [-0.2, 0) is 0 Å². The van der Waals surface area contributed by atoms with Gasteiger partial charge in [-0.1, -0.05) is 0 Å². The first-order chi connectivity index (χ1) is 10.7. The minimum absolute atomic E-state index is 0.130. The molecule has 0 atom stereocenters. The Balaban J connectivity index is 1.96. The van der Waals surface area contributed by atoms with Crippen molar-refractivity contribution in [3.8, 4) is 23.0 Å². The Kier molecular flexibility index (Phi) is 3.87.